The van der Waals surface area contributed by atoms with Gasteiger partial charge in [0.15, 0.2) is 11.2 Å². The zero-order chi connectivity index (χ0) is 12.5. The van der Waals surface area contributed by atoms with Crippen LogP contribution in [0.3, 0.4) is 0 Å². The minimum Gasteiger partial charge on any atom is -0.396 e. The maximum atomic E-state index is 11.5. The number of aliphatic hydroxyl groups excluding tert-OH is 1. The Hall–Kier alpha value is -1.76. The Balaban J connectivity index is 1.91. The van der Waals surface area contributed by atoms with Crippen molar-refractivity contribution in [3.63, 3.8) is 0 Å². The smallest absolute Gasteiger partial charge is 0.280 e. The monoisotopic (exact) mass is 249 g/mol. The largest absolute Gasteiger partial charge is 0.396 e. The van der Waals surface area contributed by atoms with Crippen LogP contribution >= 0.6 is 0 Å². The summed E-state index contributed by atoms with van der Waals surface area (Å²) in [5, 5.41) is 17.2. The fraction of sp³-hybridized carbons (Fsp3) is 0.636. The number of nitrogens with one attached hydrogen (secondary N) is 1. The molecular formula is C11H15N5O2. The summed E-state index contributed by atoms with van der Waals surface area (Å²) in [5.41, 5.74) is 0.523. The lowest BCUT2D eigenvalue weighted by Gasteiger charge is -2.16. The van der Waals surface area contributed by atoms with Crippen LogP contribution in [0.25, 0.3) is 11.2 Å². The third-order valence-corrected chi connectivity index (χ3v) is 3.76. The highest BCUT2D eigenvalue weighted by Gasteiger charge is 2.27. The maximum Gasteiger partial charge on any atom is 0.280 e. The zero-order valence-electron chi connectivity index (χ0n) is 9.91. The maximum absolute atomic E-state index is 11.5. The van der Waals surface area contributed by atoms with Crippen molar-refractivity contribution in [3.8, 4) is 0 Å². The van der Waals surface area contributed by atoms with E-state index in [4.69, 9.17) is 0 Å². The molecular weight excluding hydrogens is 234 g/mol. The second kappa shape index (κ2) is 4.49. The highest BCUT2D eigenvalue weighted by Crippen LogP contribution is 2.32. The molecule has 0 unspecified atom stereocenters. The molecule has 7 heteroatoms. The van der Waals surface area contributed by atoms with Crippen LogP contribution < -0.4 is 5.56 Å². The van der Waals surface area contributed by atoms with Gasteiger partial charge in [-0.2, -0.15) is 0 Å². The third kappa shape index (κ3) is 1.80. The van der Waals surface area contributed by atoms with Gasteiger partial charge < -0.3 is 10.1 Å². The molecule has 2 heterocycles. The fourth-order valence-electron chi connectivity index (χ4n) is 2.74. The molecule has 1 aliphatic rings. The van der Waals surface area contributed by atoms with E-state index in [2.05, 4.69) is 20.3 Å². The summed E-state index contributed by atoms with van der Waals surface area (Å²) in [6.07, 6.45) is 4.64. The van der Waals surface area contributed by atoms with Crippen LogP contribution in [-0.2, 0) is 6.54 Å². The predicted octanol–water partition coefficient (Wildman–Crippen LogP) is -0.0768. The number of aromatic nitrogens is 5. The third-order valence-electron chi connectivity index (χ3n) is 3.76. The van der Waals surface area contributed by atoms with Crippen molar-refractivity contribution < 1.29 is 5.11 Å². The van der Waals surface area contributed by atoms with Gasteiger partial charge in [-0.3, -0.25) is 4.79 Å². The first kappa shape index (κ1) is 11.3. The van der Waals surface area contributed by atoms with Crippen LogP contribution in [0, 0.1) is 11.8 Å². The quantitative estimate of drug-likeness (QED) is 0.793. The van der Waals surface area contributed by atoms with Crippen molar-refractivity contribution in [2.75, 3.05) is 6.61 Å². The Morgan fingerprint density at radius 1 is 1.44 bits per heavy atom. The average Bonchev–Trinajstić information content (AvgIpc) is 2.98. The topological polar surface area (TPSA) is 96.7 Å². The summed E-state index contributed by atoms with van der Waals surface area (Å²) >= 11 is 0. The van der Waals surface area contributed by atoms with Crippen molar-refractivity contribution in [2.24, 2.45) is 11.8 Å². The highest BCUT2D eigenvalue weighted by molar-refractivity contribution is 5.67. The van der Waals surface area contributed by atoms with E-state index in [1.165, 1.54) is 6.33 Å². The van der Waals surface area contributed by atoms with Crippen LogP contribution in [0.5, 0.6) is 0 Å². The van der Waals surface area contributed by atoms with Crippen molar-refractivity contribution >= 4 is 11.2 Å². The van der Waals surface area contributed by atoms with E-state index in [9.17, 15) is 9.90 Å². The fourth-order valence-corrected chi connectivity index (χ4v) is 2.74. The Morgan fingerprint density at radius 2 is 2.28 bits per heavy atom. The van der Waals surface area contributed by atoms with Gasteiger partial charge in [0.05, 0.1) is 6.33 Å². The molecule has 0 aromatic carbocycles. The normalized spacial score (nSPS) is 23.8. The molecule has 1 fully saturated rings. The summed E-state index contributed by atoms with van der Waals surface area (Å²) in [7, 11) is 0. The van der Waals surface area contributed by atoms with Gasteiger partial charge in [0.25, 0.3) is 5.56 Å². The minimum absolute atomic E-state index is 0.214. The molecule has 2 N–H and O–H groups in total. The van der Waals surface area contributed by atoms with E-state index in [1.807, 2.05) is 0 Å². The number of aromatic amines is 1. The first-order chi connectivity index (χ1) is 8.79. The molecule has 7 nitrogen and oxygen atoms in total. The van der Waals surface area contributed by atoms with Gasteiger partial charge in [0, 0.05) is 13.2 Å². The first-order valence-electron chi connectivity index (χ1n) is 6.17. The molecule has 1 saturated carbocycles. The summed E-state index contributed by atoms with van der Waals surface area (Å²) < 4.78 is 1.67. The number of nitrogens with zero attached hydrogens (tertiary/aromatic N) is 4. The number of fused-ring (bicyclic) bond motifs is 1. The number of rotatable bonds is 3. The van der Waals surface area contributed by atoms with E-state index >= 15 is 0 Å². The van der Waals surface area contributed by atoms with Gasteiger partial charge in [-0.05, 0) is 24.7 Å². The second-order valence-electron chi connectivity index (χ2n) is 4.81. The van der Waals surface area contributed by atoms with Gasteiger partial charge in [0.1, 0.15) is 0 Å². The Morgan fingerprint density at radius 3 is 3.11 bits per heavy atom. The second-order valence-corrected chi connectivity index (χ2v) is 4.81. The van der Waals surface area contributed by atoms with E-state index in [0.29, 0.717) is 24.0 Å². The predicted molar refractivity (Wildman–Crippen MR) is 63.9 cm³/mol. The highest BCUT2D eigenvalue weighted by atomic mass is 16.3. The molecule has 0 saturated heterocycles. The molecule has 3 rings (SSSR count). The van der Waals surface area contributed by atoms with Crippen LogP contribution in [0.1, 0.15) is 19.3 Å². The summed E-state index contributed by atoms with van der Waals surface area (Å²) in [5.74, 6) is 0.715. The lowest BCUT2D eigenvalue weighted by atomic mass is 9.97. The van der Waals surface area contributed by atoms with Crippen LogP contribution in [0.4, 0.5) is 0 Å². The summed E-state index contributed by atoms with van der Waals surface area (Å²) in [6, 6.07) is 0. The molecule has 0 radical (unpaired) electrons. The SMILES string of the molecule is O=c1[nH]cnc2c1nnn2C[C@H]1CCC[C@@H]1CO. The molecule has 0 spiro atoms. The average molecular weight is 249 g/mol. The van der Waals surface area contributed by atoms with Gasteiger partial charge in [-0.15, -0.1) is 5.10 Å². The number of aliphatic hydroxyl groups is 1. The minimum atomic E-state index is -0.267. The molecule has 0 aliphatic heterocycles. The number of hydrogen-bond donors (Lipinski definition) is 2. The molecule has 2 aromatic heterocycles. The van der Waals surface area contributed by atoms with Crippen molar-refractivity contribution in [1.29, 1.82) is 0 Å². The van der Waals surface area contributed by atoms with Crippen molar-refractivity contribution in [3.05, 3.63) is 16.7 Å². The standard InChI is InChI=1S/C11H15N5O2/c17-5-8-3-1-2-7(8)4-16-10-9(14-15-16)11(18)13-6-12-10/h6-8,17H,1-5H2,(H,12,13,18)/t7-,8-/m1/s1. The first-order valence-corrected chi connectivity index (χ1v) is 6.17. The number of hydrogen-bond acceptors (Lipinski definition) is 5. The van der Waals surface area contributed by atoms with E-state index in [-0.39, 0.29) is 17.7 Å². The molecule has 2 aromatic rings. The van der Waals surface area contributed by atoms with E-state index in [0.717, 1.165) is 19.3 Å². The molecule has 0 bridgehead atoms. The van der Waals surface area contributed by atoms with Crippen LogP contribution in [0.2, 0.25) is 0 Å². The van der Waals surface area contributed by atoms with Gasteiger partial charge >= 0.3 is 0 Å². The molecule has 2 atom stereocenters. The van der Waals surface area contributed by atoms with Crippen molar-refractivity contribution in [2.45, 2.75) is 25.8 Å². The molecule has 1 aliphatic carbocycles. The zero-order valence-corrected chi connectivity index (χ0v) is 9.91. The summed E-state index contributed by atoms with van der Waals surface area (Å²) in [4.78, 5) is 18.1. The van der Waals surface area contributed by atoms with Gasteiger partial charge in [0.2, 0.25) is 0 Å². The molecule has 96 valence electrons. The Kier molecular flexibility index (Phi) is 2.83. The lowest BCUT2D eigenvalue weighted by molar-refractivity contribution is 0.182. The Bertz CT molecular complexity index is 605. The lowest BCUT2D eigenvalue weighted by Crippen LogP contribution is -2.19. The number of H-pyrrole nitrogens is 1. The van der Waals surface area contributed by atoms with E-state index < -0.39 is 0 Å². The molecule has 18 heavy (non-hydrogen) atoms. The van der Waals surface area contributed by atoms with Crippen LogP contribution in [-0.4, -0.2) is 36.7 Å². The van der Waals surface area contributed by atoms with Crippen LogP contribution in [0.15, 0.2) is 11.1 Å². The van der Waals surface area contributed by atoms with Gasteiger partial charge in [-0.25, -0.2) is 9.67 Å². The molecule has 0 amide bonds. The van der Waals surface area contributed by atoms with Crippen molar-refractivity contribution in [1.82, 2.24) is 25.0 Å². The Labute approximate surface area is 103 Å². The summed E-state index contributed by atoms with van der Waals surface area (Å²) in [6.45, 7) is 0.878. The van der Waals surface area contributed by atoms with E-state index in [1.54, 1.807) is 4.68 Å². The van der Waals surface area contributed by atoms with Gasteiger partial charge in [-0.1, -0.05) is 11.6 Å².